The molecule has 1 atom stereocenters. The largest absolute Gasteiger partial charge is 0.0622 e. The molecular weight excluding hydrogens is 351 g/mol. The van der Waals surface area contributed by atoms with E-state index in [1.165, 1.54) is 16.2 Å². The van der Waals surface area contributed by atoms with Crippen LogP contribution in [0.1, 0.15) is 18.1 Å². The van der Waals surface area contributed by atoms with Crippen LogP contribution < -0.4 is 10.6 Å². The third-order valence-corrected chi connectivity index (χ3v) is 7.12. The predicted octanol–water partition coefficient (Wildman–Crippen LogP) is 5.64. The van der Waals surface area contributed by atoms with E-state index in [4.69, 9.17) is 0 Å². The number of hydrogen-bond acceptors (Lipinski definition) is 0. The van der Waals surface area contributed by atoms with Crippen LogP contribution in [0.25, 0.3) is 0 Å². The van der Waals surface area contributed by atoms with Gasteiger partial charge in [-0.15, -0.1) is 0 Å². The molecule has 22 heavy (non-hydrogen) atoms. The van der Waals surface area contributed by atoms with Gasteiger partial charge in [-0.1, -0.05) is 95.7 Å². The van der Waals surface area contributed by atoms with E-state index in [0.29, 0.717) is 5.66 Å². The van der Waals surface area contributed by atoms with Crippen LogP contribution >= 0.6 is 23.9 Å². The Morgan fingerprint density at radius 2 is 1.14 bits per heavy atom. The number of halogens is 1. The molecule has 0 aliphatic rings. The Kier molecular flexibility index (Phi) is 5.08. The molecule has 0 aliphatic heterocycles. The molecule has 0 aliphatic carbocycles. The lowest BCUT2D eigenvalue weighted by molar-refractivity contribution is 1.09. The average molecular weight is 369 g/mol. The van der Waals surface area contributed by atoms with Crippen LogP contribution in [0.5, 0.6) is 0 Å². The van der Waals surface area contributed by atoms with Gasteiger partial charge in [0.15, 0.2) is 0 Å². The van der Waals surface area contributed by atoms with Gasteiger partial charge in [0, 0.05) is 10.1 Å². The molecule has 0 spiro atoms. The lowest BCUT2D eigenvalue weighted by Gasteiger charge is -2.26. The smallest absolute Gasteiger partial charge is 0.0175 e. The highest BCUT2D eigenvalue weighted by Crippen LogP contribution is 2.49. The lowest BCUT2D eigenvalue weighted by atomic mass is 10.2. The van der Waals surface area contributed by atoms with E-state index < -0.39 is 7.92 Å². The van der Waals surface area contributed by atoms with Gasteiger partial charge in [-0.05, 0) is 36.2 Å². The van der Waals surface area contributed by atoms with E-state index in [2.05, 4.69) is 108 Å². The molecule has 0 N–H and O–H groups in total. The first-order chi connectivity index (χ1) is 10.8. The van der Waals surface area contributed by atoms with Gasteiger partial charge in [0.1, 0.15) is 0 Å². The van der Waals surface area contributed by atoms with Crippen molar-refractivity contribution in [2.24, 2.45) is 0 Å². The Morgan fingerprint density at radius 1 is 0.682 bits per heavy atom. The van der Waals surface area contributed by atoms with Crippen molar-refractivity contribution >= 4 is 34.5 Å². The van der Waals surface area contributed by atoms with Crippen LogP contribution in [-0.2, 0) is 0 Å². The Hall–Kier alpha value is -1.43. The summed E-state index contributed by atoms with van der Waals surface area (Å²) in [6.07, 6.45) is 0. The maximum atomic E-state index is 3.53. The Balaban J connectivity index is 2.04. The first kappa shape index (κ1) is 15.5. The zero-order chi connectivity index (χ0) is 15.4. The summed E-state index contributed by atoms with van der Waals surface area (Å²) in [5, 5.41) is 2.86. The molecule has 2 heteroatoms. The van der Waals surface area contributed by atoms with Crippen molar-refractivity contribution in [3.63, 3.8) is 0 Å². The first-order valence-corrected chi connectivity index (χ1v) is 9.61. The topological polar surface area (TPSA) is 0 Å². The third kappa shape index (κ3) is 3.48. The molecule has 0 amide bonds. The molecule has 0 saturated carbocycles. The second-order valence-electron chi connectivity index (χ2n) is 5.27. The van der Waals surface area contributed by atoms with E-state index in [1.54, 1.807) is 0 Å². The van der Waals surface area contributed by atoms with Crippen molar-refractivity contribution in [1.82, 2.24) is 0 Å². The van der Waals surface area contributed by atoms with Crippen LogP contribution in [0.2, 0.25) is 0 Å². The summed E-state index contributed by atoms with van der Waals surface area (Å²) in [6, 6.07) is 30.5. The predicted molar refractivity (Wildman–Crippen MR) is 102 cm³/mol. The second kappa shape index (κ2) is 7.22. The van der Waals surface area contributed by atoms with Gasteiger partial charge >= 0.3 is 0 Å². The fourth-order valence-electron chi connectivity index (χ4n) is 2.66. The molecule has 110 valence electrons. The molecule has 3 rings (SSSR count). The van der Waals surface area contributed by atoms with E-state index in [1.807, 2.05) is 0 Å². The SMILES string of the molecule is CC(c1ccc(Br)cc1)P(c1ccccc1)c1ccccc1. The van der Waals surface area contributed by atoms with Gasteiger partial charge in [0.25, 0.3) is 0 Å². The average Bonchev–Trinajstić information content (AvgIpc) is 2.57. The molecule has 0 fully saturated rings. The normalized spacial score (nSPS) is 12.3. The zero-order valence-corrected chi connectivity index (χ0v) is 15.0. The van der Waals surface area contributed by atoms with E-state index >= 15 is 0 Å². The summed E-state index contributed by atoms with van der Waals surface area (Å²) in [4.78, 5) is 0. The minimum atomic E-state index is -0.413. The first-order valence-electron chi connectivity index (χ1n) is 7.40. The minimum absolute atomic E-state index is 0.413. The standard InChI is InChI=1S/C20H18BrP/c1-16(17-12-14-18(21)15-13-17)22(19-8-4-2-5-9-19)20-10-6-3-7-11-20/h2-16H,1H3. The Bertz CT molecular complexity index is 668. The maximum Gasteiger partial charge on any atom is 0.0175 e. The van der Waals surface area contributed by atoms with Gasteiger partial charge in [0.2, 0.25) is 0 Å². The van der Waals surface area contributed by atoms with Gasteiger partial charge < -0.3 is 0 Å². The highest BCUT2D eigenvalue weighted by Gasteiger charge is 2.22. The molecule has 0 nitrogen and oxygen atoms in total. The molecule has 3 aromatic rings. The van der Waals surface area contributed by atoms with E-state index in [9.17, 15) is 0 Å². The fourth-order valence-corrected chi connectivity index (χ4v) is 5.58. The number of benzene rings is 3. The quantitative estimate of drug-likeness (QED) is 0.522. The zero-order valence-electron chi connectivity index (χ0n) is 12.5. The van der Waals surface area contributed by atoms with Crippen LogP contribution in [0.3, 0.4) is 0 Å². The molecule has 0 aromatic heterocycles. The van der Waals surface area contributed by atoms with Crippen molar-refractivity contribution in [3.8, 4) is 0 Å². The van der Waals surface area contributed by atoms with Gasteiger partial charge in [-0.3, -0.25) is 0 Å². The van der Waals surface area contributed by atoms with Crippen molar-refractivity contribution in [2.75, 3.05) is 0 Å². The minimum Gasteiger partial charge on any atom is -0.0622 e. The molecule has 0 bridgehead atoms. The summed E-state index contributed by atoms with van der Waals surface area (Å²) < 4.78 is 1.13. The van der Waals surface area contributed by atoms with E-state index in [0.717, 1.165) is 4.47 Å². The van der Waals surface area contributed by atoms with Crippen molar-refractivity contribution in [2.45, 2.75) is 12.6 Å². The summed E-state index contributed by atoms with van der Waals surface area (Å²) in [5.74, 6) is 0. The van der Waals surface area contributed by atoms with Crippen molar-refractivity contribution in [3.05, 3.63) is 95.0 Å². The molecule has 1 unspecified atom stereocenters. The molecule has 0 saturated heterocycles. The monoisotopic (exact) mass is 368 g/mol. The fraction of sp³-hybridized carbons (Fsp3) is 0.100. The Labute approximate surface area is 142 Å². The van der Waals surface area contributed by atoms with Crippen LogP contribution in [-0.4, -0.2) is 0 Å². The lowest BCUT2D eigenvalue weighted by Crippen LogP contribution is -2.15. The maximum absolute atomic E-state index is 3.53. The van der Waals surface area contributed by atoms with Gasteiger partial charge in [-0.25, -0.2) is 0 Å². The van der Waals surface area contributed by atoms with Crippen LogP contribution in [0.15, 0.2) is 89.4 Å². The summed E-state index contributed by atoms with van der Waals surface area (Å²) >= 11 is 3.53. The second-order valence-corrected chi connectivity index (χ2v) is 8.73. The number of hydrogen-bond donors (Lipinski definition) is 0. The molecule has 3 aromatic carbocycles. The van der Waals surface area contributed by atoms with Gasteiger partial charge in [-0.2, -0.15) is 0 Å². The summed E-state index contributed by atoms with van der Waals surface area (Å²) in [6.45, 7) is 2.34. The summed E-state index contributed by atoms with van der Waals surface area (Å²) in [7, 11) is -0.413. The van der Waals surface area contributed by atoms with Crippen molar-refractivity contribution in [1.29, 1.82) is 0 Å². The van der Waals surface area contributed by atoms with Crippen LogP contribution in [0.4, 0.5) is 0 Å². The Morgan fingerprint density at radius 3 is 1.59 bits per heavy atom. The highest BCUT2D eigenvalue weighted by atomic mass is 79.9. The third-order valence-electron chi connectivity index (χ3n) is 3.81. The van der Waals surface area contributed by atoms with Crippen LogP contribution in [0, 0.1) is 0 Å². The molecular formula is C20H18BrP. The summed E-state index contributed by atoms with van der Waals surface area (Å²) in [5.41, 5.74) is 1.87. The molecule has 0 radical (unpaired) electrons. The van der Waals surface area contributed by atoms with Crippen molar-refractivity contribution < 1.29 is 0 Å². The van der Waals surface area contributed by atoms with Gasteiger partial charge in [0.05, 0.1) is 0 Å². The van der Waals surface area contributed by atoms with E-state index in [-0.39, 0.29) is 0 Å². The highest BCUT2D eigenvalue weighted by molar-refractivity contribution is 9.10. The molecule has 0 heterocycles. The number of rotatable bonds is 4.